The largest absolute Gasteiger partial charge is 1.00 e. The maximum atomic E-state index is 11.8. The minimum atomic E-state index is -3.81. The molecule has 0 bridgehead atoms. The molecular weight excluding hydrogens is 350 g/mol. The van der Waals surface area contributed by atoms with Gasteiger partial charge in [0.05, 0.1) is 13.2 Å². The summed E-state index contributed by atoms with van der Waals surface area (Å²) in [6.07, 6.45) is 12.6. The topological polar surface area (TPSA) is 65.0 Å². The van der Waals surface area contributed by atoms with E-state index >= 15 is 0 Å². The number of hydrogen-bond acceptors (Lipinski definition) is 5. The summed E-state index contributed by atoms with van der Waals surface area (Å²) in [7, 11) is -3.81. The van der Waals surface area contributed by atoms with Gasteiger partial charge in [-0.1, -0.05) is 64.7 Å². The predicted octanol–water partition coefficient (Wildman–Crippen LogP) is 3.28. The van der Waals surface area contributed by atoms with Gasteiger partial charge in [0.2, 0.25) is 0 Å². The van der Waals surface area contributed by atoms with Crippen LogP contribution in [0, 0.1) is 0 Å². The van der Waals surface area contributed by atoms with Crippen molar-refractivity contribution >= 4 is 19.4 Å². The van der Waals surface area contributed by atoms with E-state index in [4.69, 9.17) is 25.9 Å². The van der Waals surface area contributed by atoms with Gasteiger partial charge in [0.25, 0.3) is 0 Å². The molecular formula is C15H33ClNaO5P. The summed E-state index contributed by atoms with van der Waals surface area (Å²) in [5.41, 5.74) is 0. The average molecular weight is 383 g/mol. The predicted molar refractivity (Wildman–Crippen MR) is 91.5 cm³/mol. The normalized spacial score (nSPS) is 13.5. The molecule has 0 saturated heterocycles. The third-order valence-electron chi connectivity index (χ3n) is 3.37. The van der Waals surface area contributed by atoms with Crippen LogP contribution in [0.4, 0.5) is 0 Å². The Morgan fingerprint density at radius 2 is 1.30 bits per heavy atom. The molecule has 1 atom stereocenters. The zero-order valence-corrected chi connectivity index (χ0v) is 18.5. The molecule has 0 radical (unpaired) electrons. The van der Waals surface area contributed by atoms with Gasteiger partial charge in [-0.15, -0.1) is 16.3 Å². The van der Waals surface area contributed by atoms with Crippen molar-refractivity contribution in [3.8, 4) is 0 Å². The van der Waals surface area contributed by atoms with E-state index in [-0.39, 0.29) is 44.2 Å². The van der Waals surface area contributed by atoms with Gasteiger partial charge in [-0.3, -0.25) is 9.05 Å². The van der Waals surface area contributed by atoms with Gasteiger partial charge in [0.15, 0.2) is 0 Å². The molecule has 0 fully saturated rings. The van der Waals surface area contributed by atoms with Crippen LogP contribution in [0.2, 0.25) is 0 Å². The standard InChI is InChI=1S/C15H32ClO5P.Na.H/c1-2-3-4-5-6-7-8-9-10-11-14-19-22(18,21-17)20-15-12-13-16;;/h17H,2-15H2,1H3;;/q;+1;-1. The first kappa shape index (κ1) is 26.6. The second kappa shape index (κ2) is 19.7. The van der Waals surface area contributed by atoms with Crippen molar-refractivity contribution < 1.29 is 54.5 Å². The van der Waals surface area contributed by atoms with E-state index in [1.54, 1.807) is 0 Å². The van der Waals surface area contributed by atoms with Crippen molar-refractivity contribution in [3.05, 3.63) is 0 Å². The first-order valence-electron chi connectivity index (χ1n) is 8.46. The first-order chi connectivity index (χ1) is 10.7. The van der Waals surface area contributed by atoms with E-state index in [1.807, 2.05) is 0 Å². The summed E-state index contributed by atoms with van der Waals surface area (Å²) in [4.78, 5) is 0. The summed E-state index contributed by atoms with van der Waals surface area (Å²) in [6.45, 7) is 2.63. The van der Waals surface area contributed by atoms with Crippen LogP contribution in [0.5, 0.6) is 0 Å². The number of phosphoric ester groups is 1. The Morgan fingerprint density at radius 3 is 1.74 bits per heavy atom. The number of hydrogen-bond donors (Lipinski definition) is 1. The maximum Gasteiger partial charge on any atom is 1.00 e. The Hall–Kier alpha value is 1.36. The summed E-state index contributed by atoms with van der Waals surface area (Å²) in [5.74, 6) is 0.393. The second-order valence-electron chi connectivity index (χ2n) is 5.42. The monoisotopic (exact) mass is 382 g/mol. The van der Waals surface area contributed by atoms with Crippen molar-refractivity contribution in [1.29, 1.82) is 0 Å². The van der Waals surface area contributed by atoms with Gasteiger partial charge < -0.3 is 1.43 Å². The van der Waals surface area contributed by atoms with Crippen LogP contribution in [0.15, 0.2) is 0 Å². The van der Waals surface area contributed by atoms with E-state index in [9.17, 15) is 4.57 Å². The molecule has 0 aliphatic rings. The molecule has 1 unspecified atom stereocenters. The molecule has 0 heterocycles. The fourth-order valence-electron chi connectivity index (χ4n) is 2.08. The molecule has 1 N–H and O–H groups in total. The van der Waals surface area contributed by atoms with Crippen LogP contribution in [0.25, 0.3) is 0 Å². The molecule has 0 aliphatic heterocycles. The number of rotatable bonds is 17. The van der Waals surface area contributed by atoms with Gasteiger partial charge in [-0.2, -0.15) is 0 Å². The van der Waals surface area contributed by atoms with E-state index in [2.05, 4.69) is 11.6 Å². The van der Waals surface area contributed by atoms with Gasteiger partial charge in [0, 0.05) is 5.88 Å². The minimum absolute atomic E-state index is 0. The fourth-order valence-corrected chi connectivity index (χ4v) is 3.06. The van der Waals surface area contributed by atoms with E-state index in [1.165, 1.54) is 44.9 Å². The quantitative estimate of drug-likeness (QED) is 0.104. The van der Waals surface area contributed by atoms with Crippen molar-refractivity contribution in [2.24, 2.45) is 0 Å². The maximum absolute atomic E-state index is 11.8. The van der Waals surface area contributed by atoms with Crippen molar-refractivity contribution in [2.45, 2.75) is 77.6 Å². The van der Waals surface area contributed by atoms with Crippen LogP contribution in [0.3, 0.4) is 0 Å². The SMILES string of the molecule is CCCCCCCCCCCCOP(=O)(OO)OCCCCl.[H-].[Na+]. The number of phosphoric acid groups is 1. The number of alkyl halides is 1. The third kappa shape index (κ3) is 18.0. The van der Waals surface area contributed by atoms with Crippen LogP contribution < -0.4 is 29.6 Å². The Bertz CT molecular complexity index is 291. The van der Waals surface area contributed by atoms with Gasteiger partial charge in [0.1, 0.15) is 0 Å². The van der Waals surface area contributed by atoms with Crippen molar-refractivity contribution in [3.63, 3.8) is 0 Å². The molecule has 0 aromatic heterocycles. The molecule has 0 rings (SSSR count). The van der Waals surface area contributed by atoms with Crippen LogP contribution >= 0.6 is 19.4 Å². The van der Waals surface area contributed by atoms with Crippen molar-refractivity contribution in [2.75, 3.05) is 19.1 Å². The smallest absolute Gasteiger partial charge is 1.00 e. The average Bonchev–Trinajstić information content (AvgIpc) is 2.53. The molecule has 0 aromatic carbocycles. The minimum Gasteiger partial charge on any atom is -1.00 e. The van der Waals surface area contributed by atoms with Crippen LogP contribution in [-0.2, 0) is 18.3 Å². The molecule has 0 aliphatic carbocycles. The first-order valence-corrected chi connectivity index (χ1v) is 10.5. The third-order valence-corrected chi connectivity index (χ3v) is 4.84. The Balaban J connectivity index is -0.00000220. The fraction of sp³-hybridized carbons (Fsp3) is 1.00. The zero-order valence-electron chi connectivity index (χ0n) is 15.8. The molecule has 23 heavy (non-hydrogen) atoms. The molecule has 136 valence electrons. The summed E-state index contributed by atoms with van der Waals surface area (Å²) < 4.78 is 25.5. The van der Waals surface area contributed by atoms with Crippen LogP contribution in [0.1, 0.15) is 79.0 Å². The van der Waals surface area contributed by atoms with Gasteiger partial charge in [-0.25, -0.2) is 9.82 Å². The van der Waals surface area contributed by atoms with E-state index < -0.39 is 7.82 Å². The zero-order chi connectivity index (χ0) is 16.5. The Labute approximate surface area is 170 Å². The number of unbranched alkanes of at least 4 members (excludes halogenated alkanes) is 9. The van der Waals surface area contributed by atoms with Crippen molar-refractivity contribution in [1.82, 2.24) is 0 Å². The molecule has 0 aromatic rings. The summed E-state index contributed by atoms with van der Waals surface area (Å²) in [6, 6.07) is 0. The molecule has 0 saturated carbocycles. The molecule has 0 amide bonds. The van der Waals surface area contributed by atoms with E-state index in [0.29, 0.717) is 12.3 Å². The van der Waals surface area contributed by atoms with Gasteiger partial charge >= 0.3 is 37.4 Å². The summed E-state index contributed by atoms with van der Waals surface area (Å²) in [5, 5.41) is 8.60. The number of halogens is 1. The Kier molecular flexibility index (Phi) is 22.8. The second-order valence-corrected chi connectivity index (χ2v) is 7.37. The molecule has 5 nitrogen and oxygen atoms in total. The van der Waals surface area contributed by atoms with E-state index in [0.717, 1.165) is 19.3 Å². The van der Waals surface area contributed by atoms with Crippen LogP contribution in [-0.4, -0.2) is 24.4 Å². The summed E-state index contributed by atoms with van der Waals surface area (Å²) >= 11 is 5.48. The molecule has 8 heteroatoms. The molecule has 0 spiro atoms. The van der Waals surface area contributed by atoms with Gasteiger partial charge in [-0.05, 0) is 12.8 Å². The Morgan fingerprint density at radius 1 is 0.870 bits per heavy atom.